The van der Waals surface area contributed by atoms with Crippen LogP contribution in [-0.4, -0.2) is 56.8 Å². The van der Waals surface area contributed by atoms with E-state index in [0.717, 1.165) is 34.4 Å². The molecule has 33 heavy (non-hydrogen) atoms. The van der Waals surface area contributed by atoms with E-state index in [1.807, 2.05) is 22.1 Å². The molecule has 1 aliphatic rings. The number of amides is 1. The maximum atomic E-state index is 13.1. The van der Waals surface area contributed by atoms with E-state index in [9.17, 15) is 18.0 Å². The molecule has 0 aliphatic carbocycles. The van der Waals surface area contributed by atoms with E-state index in [4.69, 9.17) is 4.74 Å². The van der Waals surface area contributed by atoms with Crippen molar-refractivity contribution in [1.29, 1.82) is 0 Å². The molecule has 0 N–H and O–H groups in total. The zero-order valence-corrected chi connectivity index (χ0v) is 19.3. The Kier molecular flexibility index (Phi) is 7.71. The number of hydrogen-bond donors (Lipinski definition) is 0. The third kappa shape index (κ3) is 6.58. The van der Waals surface area contributed by atoms with Gasteiger partial charge < -0.3 is 9.64 Å². The first-order valence-corrected chi connectivity index (χ1v) is 12.4. The lowest BCUT2D eigenvalue weighted by molar-refractivity contribution is -0.160. The van der Waals surface area contributed by atoms with Crippen LogP contribution in [0.4, 0.5) is 13.2 Å². The number of halogens is 3. The maximum Gasteiger partial charge on any atom is 0.406 e. The fourth-order valence-corrected chi connectivity index (χ4v) is 5.18. The molecule has 1 aliphatic heterocycles. The number of benzene rings is 1. The van der Waals surface area contributed by atoms with Crippen molar-refractivity contribution in [2.75, 3.05) is 18.9 Å². The van der Waals surface area contributed by atoms with Crippen molar-refractivity contribution in [3.05, 3.63) is 53.4 Å². The van der Waals surface area contributed by atoms with Crippen molar-refractivity contribution in [2.24, 2.45) is 0 Å². The molecule has 11 heteroatoms. The number of thioether (sulfide) groups is 1. The molecule has 1 fully saturated rings. The van der Waals surface area contributed by atoms with Gasteiger partial charge in [0.15, 0.2) is 11.0 Å². The Balaban J connectivity index is 1.49. The summed E-state index contributed by atoms with van der Waals surface area (Å²) < 4.78 is 47.1. The molecule has 0 spiro atoms. The Morgan fingerprint density at radius 1 is 1.21 bits per heavy atom. The SMILES string of the molecule is O=C(CSc1nnc(-c2cccs2)n1C[C@@H]1CCCO1)N(Cc1ccccc1)CC(F)(F)F. The van der Waals surface area contributed by atoms with Crippen LogP contribution in [0.2, 0.25) is 0 Å². The standard InChI is InChI=1S/C22H23F3N4O2S2/c23-22(24,25)15-28(12-16-6-2-1-3-7-16)19(30)14-33-21-27-26-20(18-9-5-11-32-18)29(21)13-17-8-4-10-31-17/h1-3,5-7,9,11,17H,4,8,10,12-15H2/t17-/m0/s1. The smallest absolute Gasteiger partial charge is 0.376 e. The first-order valence-electron chi connectivity index (χ1n) is 10.5. The summed E-state index contributed by atoms with van der Waals surface area (Å²) in [7, 11) is 0. The van der Waals surface area contributed by atoms with E-state index in [0.29, 0.717) is 29.7 Å². The molecule has 2 aromatic heterocycles. The predicted molar refractivity (Wildman–Crippen MR) is 121 cm³/mol. The number of aromatic nitrogens is 3. The van der Waals surface area contributed by atoms with Crippen LogP contribution in [-0.2, 0) is 22.6 Å². The molecule has 0 bridgehead atoms. The van der Waals surface area contributed by atoms with Gasteiger partial charge in [-0.15, -0.1) is 21.5 Å². The number of ether oxygens (including phenoxy) is 1. The van der Waals surface area contributed by atoms with Crippen LogP contribution in [0.3, 0.4) is 0 Å². The fourth-order valence-electron chi connectivity index (χ4n) is 3.61. The van der Waals surface area contributed by atoms with Crippen LogP contribution in [0.25, 0.3) is 10.7 Å². The Morgan fingerprint density at radius 3 is 2.70 bits per heavy atom. The second kappa shape index (κ2) is 10.7. The number of thiophene rings is 1. The van der Waals surface area contributed by atoms with E-state index in [-0.39, 0.29) is 18.4 Å². The van der Waals surface area contributed by atoms with Gasteiger partial charge >= 0.3 is 6.18 Å². The summed E-state index contributed by atoms with van der Waals surface area (Å²) in [6, 6.07) is 12.5. The van der Waals surface area contributed by atoms with Crippen molar-refractivity contribution >= 4 is 29.0 Å². The lowest BCUT2D eigenvalue weighted by atomic mass is 10.2. The Bertz CT molecular complexity index is 1040. The highest BCUT2D eigenvalue weighted by molar-refractivity contribution is 7.99. The van der Waals surface area contributed by atoms with Gasteiger partial charge in [0.1, 0.15) is 6.54 Å². The van der Waals surface area contributed by atoms with Gasteiger partial charge in [-0.3, -0.25) is 9.36 Å². The van der Waals surface area contributed by atoms with Crippen molar-refractivity contribution in [2.45, 2.75) is 43.4 Å². The normalized spacial score (nSPS) is 16.3. The van der Waals surface area contributed by atoms with Crippen molar-refractivity contribution < 1.29 is 22.7 Å². The zero-order valence-electron chi connectivity index (χ0n) is 17.7. The molecule has 176 valence electrons. The van der Waals surface area contributed by atoms with Crippen molar-refractivity contribution in [3.8, 4) is 10.7 Å². The van der Waals surface area contributed by atoms with Gasteiger partial charge in [0.25, 0.3) is 0 Å². The van der Waals surface area contributed by atoms with Gasteiger partial charge in [-0.2, -0.15) is 13.2 Å². The summed E-state index contributed by atoms with van der Waals surface area (Å²) in [6.07, 6.45) is -2.56. The molecule has 6 nitrogen and oxygen atoms in total. The van der Waals surface area contributed by atoms with Gasteiger partial charge in [-0.1, -0.05) is 48.2 Å². The minimum absolute atomic E-state index is 0.0228. The van der Waals surface area contributed by atoms with E-state index >= 15 is 0 Å². The maximum absolute atomic E-state index is 13.1. The van der Waals surface area contributed by atoms with Gasteiger partial charge in [0, 0.05) is 13.2 Å². The third-order valence-corrected chi connectivity index (χ3v) is 6.95. The summed E-state index contributed by atoms with van der Waals surface area (Å²) in [4.78, 5) is 14.6. The average Bonchev–Trinajstić information content (AvgIpc) is 3.54. The molecule has 0 saturated carbocycles. The van der Waals surface area contributed by atoms with Crippen LogP contribution >= 0.6 is 23.1 Å². The van der Waals surface area contributed by atoms with Gasteiger partial charge in [-0.05, 0) is 29.9 Å². The summed E-state index contributed by atoms with van der Waals surface area (Å²) in [5, 5.41) is 11.0. The van der Waals surface area contributed by atoms with E-state index < -0.39 is 18.6 Å². The number of carbonyl (C=O) groups is 1. The van der Waals surface area contributed by atoms with Crippen LogP contribution < -0.4 is 0 Å². The van der Waals surface area contributed by atoms with Crippen LogP contribution in [0.1, 0.15) is 18.4 Å². The second-order valence-corrected chi connectivity index (χ2v) is 9.56. The minimum atomic E-state index is -4.48. The molecule has 0 unspecified atom stereocenters. The summed E-state index contributed by atoms with van der Waals surface area (Å²) >= 11 is 2.63. The number of rotatable bonds is 9. The lowest BCUT2D eigenvalue weighted by Gasteiger charge is -2.24. The quantitative estimate of drug-likeness (QED) is 0.396. The van der Waals surface area contributed by atoms with Gasteiger partial charge in [0.2, 0.25) is 5.91 Å². The van der Waals surface area contributed by atoms with Gasteiger partial charge in [-0.25, -0.2) is 0 Å². The van der Waals surface area contributed by atoms with Gasteiger partial charge in [0.05, 0.1) is 23.3 Å². The molecule has 0 radical (unpaired) electrons. The third-order valence-electron chi connectivity index (χ3n) is 5.13. The molecule has 1 amide bonds. The predicted octanol–water partition coefficient (Wildman–Crippen LogP) is 4.87. The largest absolute Gasteiger partial charge is 0.406 e. The van der Waals surface area contributed by atoms with Crippen molar-refractivity contribution in [3.63, 3.8) is 0 Å². The topological polar surface area (TPSA) is 60.3 Å². The van der Waals surface area contributed by atoms with E-state index in [1.165, 1.54) is 11.3 Å². The molecular weight excluding hydrogens is 473 g/mol. The fraction of sp³-hybridized carbons (Fsp3) is 0.409. The van der Waals surface area contributed by atoms with E-state index in [1.54, 1.807) is 30.3 Å². The molecule has 1 atom stereocenters. The highest BCUT2D eigenvalue weighted by atomic mass is 32.2. The van der Waals surface area contributed by atoms with Crippen molar-refractivity contribution in [1.82, 2.24) is 19.7 Å². The summed E-state index contributed by atoms with van der Waals surface area (Å²) in [6.45, 7) is -0.172. The highest BCUT2D eigenvalue weighted by Crippen LogP contribution is 2.29. The summed E-state index contributed by atoms with van der Waals surface area (Å²) in [5.41, 5.74) is 0.640. The van der Waals surface area contributed by atoms with Crippen LogP contribution in [0.5, 0.6) is 0 Å². The Hall–Kier alpha value is -2.37. The van der Waals surface area contributed by atoms with Crippen LogP contribution in [0.15, 0.2) is 53.0 Å². The average molecular weight is 497 g/mol. The zero-order chi connectivity index (χ0) is 23.3. The van der Waals surface area contributed by atoms with E-state index in [2.05, 4.69) is 10.2 Å². The van der Waals surface area contributed by atoms with Crippen LogP contribution in [0, 0.1) is 0 Å². The monoisotopic (exact) mass is 496 g/mol. The second-order valence-electron chi connectivity index (χ2n) is 7.67. The number of alkyl halides is 3. The molecule has 1 saturated heterocycles. The first kappa shape index (κ1) is 23.8. The lowest BCUT2D eigenvalue weighted by Crippen LogP contribution is -2.39. The number of nitrogens with zero attached hydrogens (tertiary/aromatic N) is 4. The molecule has 3 heterocycles. The number of carbonyl (C=O) groups excluding carboxylic acids is 1. The highest BCUT2D eigenvalue weighted by Gasteiger charge is 2.33. The summed E-state index contributed by atoms with van der Waals surface area (Å²) in [5.74, 6) is -0.103. The minimum Gasteiger partial charge on any atom is -0.376 e. The first-order chi connectivity index (χ1) is 15.9. The molecule has 1 aromatic carbocycles. The Labute approximate surface area is 197 Å². The molecule has 3 aromatic rings. The molecule has 4 rings (SSSR count). The Morgan fingerprint density at radius 2 is 2.03 bits per heavy atom. The molecular formula is C22H23F3N4O2S2. The number of hydrogen-bond acceptors (Lipinski definition) is 6.